The maximum atomic E-state index is 11.3. The summed E-state index contributed by atoms with van der Waals surface area (Å²) in [6.45, 7) is 3.44. The van der Waals surface area contributed by atoms with Gasteiger partial charge in [-0.2, -0.15) is 0 Å². The average molecular weight is 279 g/mol. The summed E-state index contributed by atoms with van der Waals surface area (Å²) in [5, 5.41) is 19.7. The molecule has 0 fully saturated rings. The van der Waals surface area contributed by atoms with Crippen molar-refractivity contribution in [3.63, 3.8) is 0 Å². The molecule has 1 rings (SSSR count). The van der Waals surface area contributed by atoms with Gasteiger partial charge < -0.3 is 14.9 Å². The molecule has 1 aromatic heterocycles. The van der Waals surface area contributed by atoms with Crippen molar-refractivity contribution >= 4 is 28.9 Å². The molecule has 2 N–H and O–H groups in total. The van der Waals surface area contributed by atoms with E-state index in [0.717, 1.165) is 0 Å². The highest BCUT2D eigenvalue weighted by Gasteiger charge is 2.30. The van der Waals surface area contributed by atoms with Crippen molar-refractivity contribution in [1.82, 2.24) is 0 Å². The SMILES string of the molecule is CCOC(=O)C(O)C(C)C(O)c1ccc(Cl)s1. The van der Waals surface area contributed by atoms with Gasteiger partial charge in [0.25, 0.3) is 0 Å². The van der Waals surface area contributed by atoms with E-state index in [9.17, 15) is 15.0 Å². The summed E-state index contributed by atoms with van der Waals surface area (Å²) in [5.41, 5.74) is 0. The van der Waals surface area contributed by atoms with E-state index >= 15 is 0 Å². The van der Waals surface area contributed by atoms with E-state index in [2.05, 4.69) is 0 Å². The minimum Gasteiger partial charge on any atom is -0.464 e. The van der Waals surface area contributed by atoms with E-state index in [0.29, 0.717) is 9.21 Å². The largest absolute Gasteiger partial charge is 0.464 e. The van der Waals surface area contributed by atoms with Crippen molar-refractivity contribution in [2.24, 2.45) is 5.92 Å². The summed E-state index contributed by atoms with van der Waals surface area (Å²) in [5.74, 6) is -1.37. The number of aliphatic hydroxyl groups excluding tert-OH is 2. The minimum atomic E-state index is -1.34. The smallest absolute Gasteiger partial charge is 0.335 e. The maximum absolute atomic E-state index is 11.3. The molecular formula is C11H15ClO4S. The van der Waals surface area contributed by atoms with Crippen molar-refractivity contribution in [2.75, 3.05) is 6.61 Å². The highest BCUT2D eigenvalue weighted by atomic mass is 35.5. The Bertz CT molecular complexity index is 379. The highest BCUT2D eigenvalue weighted by Crippen LogP contribution is 2.32. The van der Waals surface area contributed by atoms with Gasteiger partial charge in [-0.15, -0.1) is 11.3 Å². The molecule has 3 unspecified atom stereocenters. The zero-order valence-corrected chi connectivity index (χ0v) is 11.2. The van der Waals surface area contributed by atoms with E-state index in [-0.39, 0.29) is 6.61 Å². The Morgan fingerprint density at radius 3 is 2.65 bits per heavy atom. The Balaban J connectivity index is 2.69. The number of thiophene rings is 1. The second-order valence-electron chi connectivity index (χ2n) is 3.64. The zero-order valence-electron chi connectivity index (χ0n) is 9.59. The Kier molecular flexibility index (Phi) is 5.39. The quantitative estimate of drug-likeness (QED) is 0.809. The van der Waals surface area contributed by atoms with Gasteiger partial charge in [0.1, 0.15) is 0 Å². The molecule has 1 heterocycles. The molecular weight excluding hydrogens is 264 g/mol. The topological polar surface area (TPSA) is 66.8 Å². The molecule has 0 bridgehead atoms. The van der Waals surface area contributed by atoms with Gasteiger partial charge in [0, 0.05) is 10.8 Å². The monoisotopic (exact) mass is 278 g/mol. The van der Waals surface area contributed by atoms with Crippen LogP contribution in [0.5, 0.6) is 0 Å². The van der Waals surface area contributed by atoms with Crippen molar-refractivity contribution in [2.45, 2.75) is 26.1 Å². The molecule has 6 heteroatoms. The molecule has 0 saturated heterocycles. The first-order valence-electron chi connectivity index (χ1n) is 5.25. The molecule has 1 aromatic rings. The standard InChI is InChI=1S/C11H15ClO4S/c1-3-16-11(15)10(14)6(2)9(13)7-4-5-8(12)17-7/h4-6,9-10,13-14H,3H2,1-2H3. The van der Waals surface area contributed by atoms with Gasteiger partial charge in [0.05, 0.1) is 17.0 Å². The summed E-state index contributed by atoms with van der Waals surface area (Å²) in [4.78, 5) is 11.9. The van der Waals surface area contributed by atoms with Crippen LogP contribution in [-0.4, -0.2) is 28.9 Å². The Labute approximate surface area is 109 Å². The Morgan fingerprint density at radius 1 is 1.53 bits per heavy atom. The lowest BCUT2D eigenvalue weighted by Gasteiger charge is -2.21. The number of carbonyl (C=O) groups is 1. The number of hydrogen-bond donors (Lipinski definition) is 2. The predicted molar refractivity (Wildman–Crippen MR) is 66.1 cm³/mol. The van der Waals surface area contributed by atoms with Gasteiger partial charge in [0.15, 0.2) is 6.10 Å². The predicted octanol–water partition coefficient (Wildman–Crippen LogP) is 1.99. The first kappa shape index (κ1) is 14.4. The molecule has 0 amide bonds. The van der Waals surface area contributed by atoms with E-state index in [1.54, 1.807) is 26.0 Å². The van der Waals surface area contributed by atoms with E-state index in [1.165, 1.54) is 11.3 Å². The Hall–Kier alpha value is -0.620. The second-order valence-corrected chi connectivity index (χ2v) is 5.39. The van der Waals surface area contributed by atoms with Gasteiger partial charge in [-0.05, 0) is 19.1 Å². The summed E-state index contributed by atoms with van der Waals surface area (Å²) in [6, 6.07) is 3.33. The Morgan fingerprint density at radius 2 is 2.18 bits per heavy atom. The molecule has 0 aliphatic carbocycles. The van der Waals surface area contributed by atoms with Crippen LogP contribution in [0.1, 0.15) is 24.8 Å². The third kappa shape index (κ3) is 3.67. The molecule has 0 saturated carbocycles. The summed E-state index contributed by atoms with van der Waals surface area (Å²) < 4.78 is 5.25. The summed E-state index contributed by atoms with van der Waals surface area (Å²) in [7, 11) is 0. The number of esters is 1. The molecule has 0 aliphatic rings. The highest BCUT2D eigenvalue weighted by molar-refractivity contribution is 7.16. The van der Waals surface area contributed by atoms with E-state index in [1.807, 2.05) is 0 Å². The first-order chi connectivity index (χ1) is 7.97. The molecule has 3 atom stereocenters. The molecule has 96 valence electrons. The summed E-state index contributed by atoms with van der Waals surface area (Å²) in [6.07, 6.45) is -2.28. The van der Waals surface area contributed by atoms with Gasteiger partial charge in [-0.25, -0.2) is 4.79 Å². The number of carbonyl (C=O) groups excluding carboxylic acids is 1. The third-order valence-corrected chi connectivity index (χ3v) is 3.71. The second kappa shape index (κ2) is 6.35. The minimum absolute atomic E-state index is 0.198. The van der Waals surface area contributed by atoms with Crippen LogP contribution >= 0.6 is 22.9 Å². The van der Waals surface area contributed by atoms with Crippen molar-refractivity contribution in [3.8, 4) is 0 Å². The van der Waals surface area contributed by atoms with Crippen molar-refractivity contribution < 1.29 is 19.7 Å². The van der Waals surface area contributed by atoms with Gasteiger partial charge in [-0.3, -0.25) is 0 Å². The van der Waals surface area contributed by atoms with Crippen LogP contribution in [-0.2, 0) is 9.53 Å². The summed E-state index contributed by atoms with van der Waals surface area (Å²) >= 11 is 6.97. The molecule has 0 aromatic carbocycles. The zero-order chi connectivity index (χ0) is 13.0. The normalized spacial score (nSPS) is 16.3. The molecule has 0 radical (unpaired) electrons. The fourth-order valence-corrected chi connectivity index (χ4v) is 2.52. The molecule has 0 spiro atoms. The van der Waals surface area contributed by atoms with Crippen LogP contribution in [0.15, 0.2) is 12.1 Å². The third-order valence-electron chi connectivity index (χ3n) is 2.41. The van der Waals surface area contributed by atoms with Crippen LogP contribution in [0.3, 0.4) is 0 Å². The van der Waals surface area contributed by atoms with Crippen LogP contribution < -0.4 is 0 Å². The van der Waals surface area contributed by atoms with E-state index in [4.69, 9.17) is 16.3 Å². The molecule has 0 aliphatic heterocycles. The van der Waals surface area contributed by atoms with Crippen molar-refractivity contribution in [1.29, 1.82) is 0 Å². The number of rotatable bonds is 5. The van der Waals surface area contributed by atoms with Gasteiger partial charge in [0.2, 0.25) is 0 Å². The molecule has 4 nitrogen and oxygen atoms in total. The van der Waals surface area contributed by atoms with Crippen LogP contribution in [0.2, 0.25) is 4.34 Å². The first-order valence-corrected chi connectivity index (χ1v) is 6.44. The van der Waals surface area contributed by atoms with Crippen LogP contribution in [0.4, 0.5) is 0 Å². The number of halogens is 1. The lowest BCUT2D eigenvalue weighted by Crippen LogP contribution is -2.33. The van der Waals surface area contributed by atoms with Gasteiger partial charge in [-0.1, -0.05) is 18.5 Å². The maximum Gasteiger partial charge on any atom is 0.335 e. The van der Waals surface area contributed by atoms with Crippen LogP contribution in [0, 0.1) is 5.92 Å². The average Bonchev–Trinajstić information content (AvgIpc) is 2.73. The fourth-order valence-electron chi connectivity index (χ4n) is 1.36. The van der Waals surface area contributed by atoms with Crippen LogP contribution in [0.25, 0.3) is 0 Å². The lowest BCUT2D eigenvalue weighted by atomic mass is 9.97. The van der Waals surface area contributed by atoms with Crippen molar-refractivity contribution in [3.05, 3.63) is 21.3 Å². The number of hydrogen-bond acceptors (Lipinski definition) is 5. The van der Waals surface area contributed by atoms with Gasteiger partial charge >= 0.3 is 5.97 Å². The number of aliphatic hydroxyl groups is 2. The van der Waals surface area contributed by atoms with E-state index < -0.39 is 24.1 Å². The number of ether oxygens (including phenoxy) is 1. The fraction of sp³-hybridized carbons (Fsp3) is 0.545. The lowest BCUT2D eigenvalue weighted by molar-refractivity contribution is -0.158. The molecule has 17 heavy (non-hydrogen) atoms.